The van der Waals surface area contributed by atoms with Crippen LogP contribution in [0.2, 0.25) is 0 Å². The summed E-state index contributed by atoms with van der Waals surface area (Å²) in [7, 11) is 1.87. The highest BCUT2D eigenvalue weighted by Gasteiger charge is 2.06. The average molecular weight is 210 g/mol. The molecule has 3 nitrogen and oxygen atoms in total. The van der Waals surface area contributed by atoms with Crippen molar-refractivity contribution in [2.75, 3.05) is 0 Å². The van der Waals surface area contributed by atoms with Crippen LogP contribution in [0.4, 0.5) is 0 Å². The molecule has 0 unspecified atom stereocenters. The van der Waals surface area contributed by atoms with Crippen LogP contribution in [-0.4, -0.2) is 9.13 Å². The van der Waals surface area contributed by atoms with Crippen molar-refractivity contribution in [2.45, 2.75) is 52.5 Å². The highest BCUT2D eigenvalue weighted by atomic mass is 16.1. The van der Waals surface area contributed by atoms with Crippen molar-refractivity contribution in [3.05, 3.63) is 22.4 Å². The second-order valence-electron chi connectivity index (χ2n) is 4.11. The summed E-state index contributed by atoms with van der Waals surface area (Å²) in [6, 6.07) is 0. The predicted octanol–water partition coefficient (Wildman–Crippen LogP) is 2.33. The van der Waals surface area contributed by atoms with Crippen LogP contribution in [-0.2, 0) is 20.0 Å². The molecule has 15 heavy (non-hydrogen) atoms. The number of nitrogens with zero attached hydrogens (tertiary/aromatic N) is 2. The van der Waals surface area contributed by atoms with Crippen LogP contribution in [0.1, 0.15) is 45.2 Å². The summed E-state index contributed by atoms with van der Waals surface area (Å²) in [5.41, 5.74) is 1.30. The van der Waals surface area contributed by atoms with Gasteiger partial charge in [0.1, 0.15) is 0 Å². The van der Waals surface area contributed by atoms with Crippen molar-refractivity contribution in [2.24, 2.45) is 7.05 Å². The molecule has 3 heteroatoms. The Morgan fingerprint density at radius 2 is 1.87 bits per heavy atom. The van der Waals surface area contributed by atoms with E-state index in [9.17, 15) is 4.79 Å². The minimum absolute atomic E-state index is 0.134. The summed E-state index contributed by atoms with van der Waals surface area (Å²) in [6.07, 6.45) is 7.58. The Balaban J connectivity index is 2.77. The summed E-state index contributed by atoms with van der Waals surface area (Å²) in [4.78, 5) is 11.8. The number of imidazole rings is 1. The average Bonchev–Trinajstić information content (AvgIpc) is 2.51. The van der Waals surface area contributed by atoms with E-state index in [1.54, 1.807) is 4.57 Å². The first-order chi connectivity index (χ1) is 7.20. The first-order valence-electron chi connectivity index (χ1n) is 5.95. The fraction of sp³-hybridized carbons (Fsp3) is 0.750. The van der Waals surface area contributed by atoms with Crippen LogP contribution < -0.4 is 5.69 Å². The maximum absolute atomic E-state index is 11.8. The smallest absolute Gasteiger partial charge is 0.299 e. The van der Waals surface area contributed by atoms with E-state index >= 15 is 0 Å². The third kappa shape index (κ3) is 2.98. The van der Waals surface area contributed by atoms with Gasteiger partial charge in [0.2, 0.25) is 0 Å². The lowest BCUT2D eigenvalue weighted by atomic mass is 10.2. The van der Waals surface area contributed by atoms with E-state index in [-0.39, 0.29) is 5.69 Å². The van der Waals surface area contributed by atoms with Crippen molar-refractivity contribution in [3.8, 4) is 0 Å². The van der Waals surface area contributed by atoms with Gasteiger partial charge in [-0.1, -0.05) is 26.7 Å². The van der Waals surface area contributed by atoms with E-state index in [2.05, 4.69) is 13.8 Å². The molecule has 1 heterocycles. The van der Waals surface area contributed by atoms with Gasteiger partial charge >= 0.3 is 5.69 Å². The minimum Gasteiger partial charge on any atom is -0.299 e. The lowest BCUT2D eigenvalue weighted by molar-refractivity contribution is 0.601. The first kappa shape index (κ1) is 12.1. The highest BCUT2D eigenvalue weighted by molar-refractivity contribution is 5.00. The van der Waals surface area contributed by atoms with Crippen molar-refractivity contribution in [3.63, 3.8) is 0 Å². The molecule has 0 aliphatic heterocycles. The van der Waals surface area contributed by atoms with Gasteiger partial charge in [0.25, 0.3) is 0 Å². The molecule has 0 radical (unpaired) electrons. The second-order valence-corrected chi connectivity index (χ2v) is 4.11. The molecule has 0 fully saturated rings. The molecule has 0 aromatic carbocycles. The largest absolute Gasteiger partial charge is 0.328 e. The molecular weight excluding hydrogens is 188 g/mol. The van der Waals surface area contributed by atoms with Gasteiger partial charge in [0, 0.05) is 25.5 Å². The minimum atomic E-state index is 0.134. The first-order valence-corrected chi connectivity index (χ1v) is 5.95. The summed E-state index contributed by atoms with van der Waals surface area (Å²) in [5.74, 6) is 0. The van der Waals surface area contributed by atoms with Crippen molar-refractivity contribution < 1.29 is 0 Å². The van der Waals surface area contributed by atoms with Gasteiger partial charge in [0.05, 0.1) is 0 Å². The molecule has 0 saturated heterocycles. The van der Waals surface area contributed by atoms with Crippen LogP contribution in [0.25, 0.3) is 0 Å². The van der Waals surface area contributed by atoms with E-state index in [4.69, 9.17) is 0 Å². The molecular formula is C12H22N2O. The molecule has 0 atom stereocenters. The molecule has 0 N–H and O–H groups in total. The van der Waals surface area contributed by atoms with Crippen molar-refractivity contribution >= 4 is 0 Å². The van der Waals surface area contributed by atoms with Gasteiger partial charge in [-0.2, -0.15) is 0 Å². The van der Waals surface area contributed by atoms with Gasteiger partial charge < -0.3 is 0 Å². The molecule has 0 aliphatic rings. The van der Waals surface area contributed by atoms with Gasteiger partial charge in [0.15, 0.2) is 0 Å². The molecule has 1 aromatic heterocycles. The summed E-state index contributed by atoms with van der Waals surface area (Å²) >= 11 is 0. The Morgan fingerprint density at radius 3 is 2.47 bits per heavy atom. The lowest BCUT2D eigenvalue weighted by Crippen LogP contribution is -2.22. The number of aryl methyl sites for hydroxylation is 2. The molecule has 1 aromatic rings. The van der Waals surface area contributed by atoms with Crippen LogP contribution in [0.5, 0.6) is 0 Å². The Labute approximate surface area is 91.7 Å². The Hall–Kier alpha value is -0.990. The van der Waals surface area contributed by atoms with Gasteiger partial charge in [-0.15, -0.1) is 0 Å². The maximum atomic E-state index is 11.8. The van der Waals surface area contributed by atoms with Crippen LogP contribution >= 0.6 is 0 Å². The number of hydrogen-bond acceptors (Lipinski definition) is 1. The van der Waals surface area contributed by atoms with Crippen molar-refractivity contribution in [1.82, 2.24) is 9.13 Å². The van der Waals surface area contributed by atoms with Crippen LogP contribution in [0.3, 0.4) is 0 Å². The topological polar surface area (TPSA) is 26.9 Å². The van der Waals surface area contributed by atoms with E-state index in [1.807, 2.05) is 17.8 Å². The molecule has 0 bridgehead atoms. The third-order valence-corrected chi connectivity index (χ3v) is 2.81. The summed E-state index contributed by atoms with van der Waals surface area (Å²) in [5, 5.41) is 0. The fourth-order valence-corrected chi connectivity index (χ4v) is 1.72. The van der Waals surface area contributed by atoms with Gasteiger partial charge in [-0.3, -0.25) is 9.13 Å². The Kier molecular flexibility index (Phi) is 4.66. The maximum Gasteiger partial charge on any atom is 0.328 e. The van der Waals surface area contributed by atoms with Crippen molar-refractivity contribution in [1.29, 1.82) is 0 Å². The molecule has 0 amide bonds. The quantitative estimate of drug-likeness (QED) is 0.708. The van der Waals surface area contributed by atoms with Gasteiger partial charge in [-0.05, 0) is 19.3 Å². The highest BCUT2D eigenvalue weighted by Crippen LogP contribution is 2.03. The summed E-state index contributed by atoms with van der Waals surface area (Å²) < 4.78 is 3.62. The van der Waals surface area contributed by atoms with E-state index in [0.717, 1.165) is 37.9 Å². The van der Waals surface area contributed by atoms with E-state index in [0.29, 0.717) is 0 Å². The second kappa shape index (κ2) is 5.79. The standard InChI is InChI=1S/C12H22N2O/c1-4-6-8-11-10-14(9-7-5-2)12(15)13(11)3/h10H,4-9H2,1-3H3. The van der Waals surface area contributed by atoms with E-state index in [1.165, 1.54) is 6.42 Å². The SMILES string of the molecule is CCCCc1cn(CCCC)c(=O)n1C. The molecule has 0 saturated carbocycles. The molecule has 0 spiro atoms. The molecule has 86 valence electrons. The molecule has 1 rings (SSSR count). The van der Waals surface area contributed by atoms with Crippen LogP contribution in [0, 0.1) is 0 Å². The third-order valence-electron chi connectivity index (χ3n) is 2.81. The Bertz CT molecular complexity index is 349. The summed E-state index contributed by atoms with van der Waals surface area (Å²) in [6.45, 7) is 5.17. The zero-order chi connectivity index (χ0) is 11.3. The number of aromatic nitrogens is 2. The lowest BCUT2D eigenvalue weighted by Gasteiger charge is -1.97. The number of hydrogen-bond donors (Lipinski definition) is 0. The zero-order valence-corrected chi connectivity index (χ0v) is 10.1. The monoisotopic (exact) mass is 210 g/mol. The number of rotatable bonds is 6. The predicted molar refractivity (Wildman–Crippen MR) is 63.2 cm³/mol. The van der Waals surface area contributed by atoms with Crippen LogP contribution in [0.15, 0.2) is 11.0 Å². The normalized spacial score (nSPS) is 10.9. The number of unbranched alkanes of at least 4 members (excludes halogenated alkanes) is 2. The zero-order valence-electron chi connectivity index (χ0n) is 10.1. The van der Waals surface area contributed by atoms with Gasteiger partial charge in [-0.25, -0.2) is 4.79 Å². The molecule has 0 aliphatic carbocycles. The van der Waals surface area contributed by atoms with E-state index < -0.39 is 0 Å². The Morgan fingerprint density at radius 1 is 1.20 bits per heavy atom. The fourth-order valence-electron chi connectivity index (χ4n) is 1.72.